The highest BCUT2D eigenvalue weighted by Crippen LogP contribution is 2.31. The number of carbonyl (C=O) groups excluding carboxylic acids is 2. The topological polar surface area (TPSA) is 67.9 Å². The van der Waals surface area contributed by atoms with Crippen LogP contribution in [0.4, 0.5) is 0 Å². The molecule has 0 bridgehead atoms. The van der Waals surface area contributed by atoms with Crippen LogP contribution in [-0.2, 0) is 22.6 Å². The third-order valence-corrected chi connectivity index (χ3v) is 6.99. The minimum absolute atomic E-state index is 0.0665. The Morgan fingerprint density at radius 1 is 1.09 bits per heavy atom. The molecule has 4 rings (SSSR count). The minimum Gasteiger partial charge on any atom is -0.486 e. The molecule has 1 aliphatic carbocycles. The zero-order chi connectivity index (χ0) is 23.9. The smallest absolute Gasteiger partial charge is 0.243 e. The first-order chi connectivity index (χ1) is 16.5. The summed E-state index contributed by atoms with van der Waals surface area (Å²) in [6.45, 7) is 3.32. The number of hydrogen-bond donors (Lipinski definition) is 1. The second kappa shape index (κ2) is 11.6. The van der Waals surface area contributed by atoms with Crippen molar-refractivity contribution in [2.75, 3.05) is 13.2 Å². The first-order valence-electron chi connectivity index (χ1n) is 12.3. The predicted octanol–water partition coefficient (Wildman–Crippen LogP) is 4.91. The van der Waals surface area contributed by atoms with E-state index in [1.165, 1.54) is 0 Å². The third-order valence-electron chi connectivity index (χ3n) is 6.62. The zero-order valence-electron chi connectivity index (χ0n) is 19.7. The lowest BCUT2D eigenvalue weighted by Gasteiger charge is -2.32. The van der Waals surface area contributed by atoms with Crippen molar-refractivity contribution in [2.24, 2.45) is 0 Å². The van der Waals surface area contributed by atoms with E-state index in [0.29, 0.717) is 43.4 Å². The van der Waals surface area contributed by atoms with Crippen molar-refractivity contribution in [3.8, 4) is 11.5 Å². The lowest BCUT2D eigenvalue weighted by molar-refractivity contribution is -0.141. The molecule has 1 N–H and O–H groups in total. The standard InChI is InChI=1S/C27H33ClN2O4/c1-2-23(27(32)29-21-8-4-5-9-21)30(18-20-7-3-6-10-22(20)28)26(31)14-12-19-11-13-24-25(17-19)34-16-15-33-24/h3,6-7,10-11,13,17,21,23H,2,4-5,8-9,12,14-16,18H2,1H3,(H,29,32)/t23-/m0/s1. The molecule has 182 valence electrons. The Morgan fingerprint density at radius 2 is 1.82 bits per heavy atom. The summed E-state index contributed by atoms with van der Waals surface area (Å²) in [7, 11) is 0. The van der Waals surface area contributed by atoms with Crippen LogP contribution in [-0.4, -0.2) is 42.0 Å². The summed E-state index contributed by atoms with van der Waals surface area (Å²) in [6, 6.07) is 12.9. The average molecular weight is 485 g/mol. The second-order valence-corrected chi connectivity index (χ2v) is 9.41. The van der Waals surface area contributed by atoms with Crippen molar-refractivity contribution >= 4 is 23.4 Å². The number of rotatable bonds is 9. The Labute approximate surface area is 206 Å². The molecule has 0 radical (unpaired) electrons. The molecule has 6 nitrogen and oxygen atoms in total. The van der Waals surface area contributed by atoms with Crippen molar-refractivity contribution in [3.63, 3.8) is 0 Å². The highest BCUT2D eigenvalue weighted by atomic mass is 35.5. The van der Waals surface area contributed by atoms with E-state index in [9.17, 15) is 9.59 Å². The maximum absolute atomic E-state index is 13.5. The summed E-state index contributed by atoms with van der Waals surface area (Å²) in [5.74, 6) is 1.31. The van der Waals surface area contributed by atoms with Crippen LogP contribution in [0.3, 0.4) is 0 Å². The molecule has 2 aromatic rings. The monoisotopic (exact) mass is 484 g/mol. The number of halogens is 1. The molecule has 0 spiro atoms. The summed E-state index contributed by atoms with van der Waals surface area (Å²) in [4.78, 5) is 28.4. The van der Waals surface area contributed by atoms with Gasteiger partial charge in [0.25, 0.3) is 0 Å². The van der Waals surface area contributed by atoms with Gasteiger partial charge in [-0.15, -0.1) is 0 Å². The minimum atomic E-state index is -0.537. The van der Waals surface area contributed by atoms with E-state index in [1.54, 1.807) is 4.90 Å². The number of ether oxygens (including phenoxy) is 2. The number of nitrogens with one attached hydrogen (secondary N) is 1. The Morgan fingerprint density at radius 3 is 2.56 bits per heavy atom. The fourth-order valence-electron chi connectivity index (χ4n) is 4.74. The average Bonchev–Trinajstić information content (AvgIpc) is 3.36. The summed E-state index contributed by atoms with van der Waals surface area (Å²) in [6.07, 6.45) is 5.67. The van der Waals surface area contributed by atoms with Crippen molar-refractivity contribution in [2.45, 2.75) is 70.5 Å². The van der Waals surface area contributed by atoms with Gasteiger partial charge in [0.15, 0.2) is 11.5 Å². The van der Waals surface area contributed by atoms with Crippen molar-refractivity contribution in [3.05, 3.63) is 58.6 Å². The molecule has 1 saturated carbocycles. The molecular formula is C27H33ClN2O4. The molecular weight excluding hydrogens is 452 g/mol. The van der Waals surface area contributed by atoms with Gasteiger partial charge in [0.1, 0.15) is 19.3 Å². The molecule has 1 heterocycles. The number of hydrogen-bond acceptors (Lipinski definition) is 4. The van der Waals surface area contributed by atoms with Gasteiger partial charge >= 0.3 is 0 Å². The maximum atomic E-state index is 13.5. The molecule has 2 aromatic carbocycles. The molecule has 1 aliphatic heterocycles. The summed E-state index contributed by atoms with van der Waals surface area (Å²) >= 11 is 6.41. The second-order valence-electron chi connectivity index (χ2n) is 9.01. The fraction of sp³-hybridized carbons (Fsp3) is 0.481. The number of aryl methyl sites for hydroxylation is 1. The van der Waals surface area contributed by atoms with E-state index >= 15 is 0 Å². The van der Waals surface area contributed by atoms with E-state index in [2.05, 4.69) is 5.32 Å². The van der Waals surface area contributed by atoms with Gasteiger partial charge < -0.3 is 19.7 Å². The summed E-state index contributed by atoms with van der Waals surface area (Å²) in [5, 5.41) is 3.77. The quantitative estimate of drug-likeness (QED) is 0.549. The van der Waals surface area contributed by atoms with E-state index in [0.717, 1.165) is 42.6 Å². The van der Waals surface area contributed by atoms with Crippen LogP contribution in [0, 0.1) is 0 Å². The lowest BCUT2D eigenvalue weighted by atomic mass is 10.0. The van der Waals surface area contributed by atoms with Gasteiger partial charge in [-0.05, 0) is 55.0 Å². The molecule has 0 aromatic heterocycles. The van der Waals surface area contributed by atoms with Gasteiger partial charge in [-0.25, -0.2) is 0 Å². The first-order valence-corrected chi connectivity index (χ1v) is 12.6. The van der Waals surface area contributed by atoms with Gasteiger partial charge in [0, 0.05) is 24.0 Å². The number of benzene rings is 2. The number of fused-ring (bicyclic) bond motifs is 1. The normalized spacial score (nSPS) is 16.2. The van der Waals surface area contributed by atoms with Gasteiger partial charge in [0.2, 0.25) is 11.8 Å². The van der Waals surface area contributed by atoms with Crippen molar-refractivity contribution in [1.82, 2.24) is 10.2 Å². The SMILES string of the molecule is CC[C@@H](C(=O)NC1CCCC1)N(Cc1ccccc1Cl)C(=O)CCc1ccc2c(c1)OCCO2. The van der Waals surface area contributed by atoms with Crippen LogP contribution < -0.4 is 14.8 Å². The highest BCUT2D eigenvalue weighted by Gasteiger charge is 2.30. The number of carbonyl (C=O) groups is 2. The zero-order valence-corrected chi connectivity index (χ0v) is 20.5. The van der Waals surface area contributed by atoms with Crippen LogP contribution in [0.2, 0.25) is 5.02 Å². The third kappa shape index (κ3) is 6.03. The van der Waals surface area contributed by atoms with Crippen LogP contribution >= 0.6 is 11.6 Å². The van der Waals surface area contributed by atoms with E-state index in [-0.39, 0.29) is 24.3 Å². The van der Waals surface area contributed by atoms with E-state index in [4.69, 9.17) is 21.1 Å². The Bertz CT molecular complexity index is 1010. The molecule has 2 amide bonds. The molecule has 1 fully saturated rings. The summed E-state index contributed by atoms with van der Waals surface area (Å²) < 4.78 is 11.3. The van der Waals surface area contributed by atoms with Crippen LogP contribution in [0.15, 0.2) is 42.5 Å². The maximum Gasteiger partial charge on any atom is 0.243 e. The van der Waals surface area contributed by atoms with Gasteiger partial charge in [-0.1, -0.05) is 55.6 Å². The van der Waals surface area contributed by atoms with Crippen molar-refractivity contribution < 1.29 is 19.1 Å². The predicted molar refractivity (Wildman–Crippen MR) is 132 cm³/mol. The first kappa shape index (κ1) is 24.4. The molecule has 2 aliphatic rings. The molecule has 34 heavy (non-hydrogen) atoms. The Balaban J connectivity index is 1.49. The number of amides is 2. The Hall–Kier alpha value is -2.73. The van der Waals surface area contributed by atoms with Gasteiger partial charge in [-0.2, -0.15) is 0 Å². The molecule has 1 atom stereocenters. The fourth-order valence-corrected chi connectivity index (χ4v) is 4.93. The Kier molecular flexibility index (Phi) is 8.33. The van der Waals surface area contributed by atoms with E-state index < -0.39 is 6.04 Å². The lowest BCUT2D eigenvalue weighted by Crippen LogP contribution is -2.51. The van der Waals surface area contributed by atoms with Crippen LogP contribution in [0.25, 0.3) is 0 Å². The summed E-state index contributed by atoms with van der Waals surface area (Å²) in [5.41, 5.74) is 1.84. The largest absolute Gasteiger partial charge is 0.486 e. The molecule has 0 saturated heterocycles. The van der Waals surface area contributed by atoms with E-state index in [1.807, 2.05) is 49.4 Å². The van der Waals surface area contributed by atoms with Crippen LogP contribution in [0.1, 0.15) is 56.6 Å². The highest BCUT2D eigenvalue weighted by molar-refractivity contribution is 6.31. The molecule has 0 unspecified atom stereocenters. The number of nitrogens with zero attached hydrogens (tertiary/aromatic N) is 1. The van der Waals surface area contributed by atoms with Crippen LogP contribution in [0.5, 0.6) is 11.5 Å². The van der Waals surface area contributed by atoms with Crippen molar-refractivity contribution in [1.29, 1.82) is 0 Å². The van der Waals surface area contributed by atoms with Gasteiger partial charge in [0.05, 0.1) is 0 Å². The molecule has 7 heteroatoms. The van der Waals surface area contributed by atoms with Gasteiger partial charge in [-0.3, -0.25) is 9.59 Å².